The van der Waals surface area contributed by atoms with E-state index in [1.165, 1.54) is 6.07 Å². The Kier molecular flexibility index (Phi) is 3.42. The Hall–Kier alpha value is -2.15. The third-order valence-corrected chi connectivity index (χ3v) is 3.00. The Bertz CT molecular complexity index is 489. The molecule has 7 nitrogen and oxygen atoms in total. The van der Waals surface area contributed by atoms with Gasteiger partial charge in [-0.05, 0) is 6.42 Å². The van der Waals surface area contributed by atoms with Crippen molar-refractivity contribution in [2.45, 2.75) is 19.4 Å². The lowest BCUT2D eigenvalue weighted by molar-refractivity contribution is -0.384. The monoisotopic (exact) mass is 250 g/mol. The molecule has 18 heavy (non-hydrogen) atoms. The van der Waals surface area contributed by atoms with E-state index in [2.05, 4.69) is 5.43 Å². The largest absolute Gasteiger partial charge is 0.338 e. The van der Waals surface area contributed by atoms with Gasteiger partial charge in [-0.15, -0.1) is 0 Å². The number of para-hydroxylation sites is 1. The van der Waals surface area contributed by atoms with E-state index in [9.17, 15) is 14.9 Å². The minimum Gasteiger partial charge on any atom is -0.338 e. The summed E-state index contributed by atoms with van der Waals surface area (Å²) < 4.78 is 0. The summed E-state index contributed by atoms with van der Waals surface area (Å²) in [5, 5.41) is 10.9. The highest BCUT2D eigenvalue weighted by Gasteiger charge is 2.23. The van der Waals surface area contributed by atoms with E-state index in [1.54, 1.807) is 17.0 Å². The molecule has 0 saturated carbocycles. The van der Waals surface area contributed by atoms with Crippen LogP contribution in [0.1, 0.15) is 18.4 Å². The maximum Gasteiger partial charge on any atom is 0.293 e. The number of carbonyl (C=O) groups excluding carboxylic acids is 1. The standard InChI is InChI=1S/C11H14N4O3/c12-13-11-8(3-1-4-9(11)15(17)18)7-14-6-2-5-10(14)16/h1,3-4,13H,2,5-7,12H2. The van der Waals surface area contributed by atoms with E-state index in [4.69, 9.17) is 5.84 Å². The van der Waals surface area contributed by atoms with Gasteiger partial charge in [0.1, 0.15) is 5.69 Å². The Balaban J connectivity index is 2.29. The number of nitro benzene ring substituents is 1. The summed E-state index contributed by atoms with van der Waals surface area (Å²) in [4.78, 5) is 23.6. The lowest BCUT2D eigenvalue weighted by Gasteiger charge is -2.17. The minimum absolute atomic E-state index is 0.0736. The molecule has 0 aromatic heterocycles. The van der Waals surface area contributed by atoms with Gasteiger partial charge in [0.2, 0.25) is 5.91 Å². The summed E-state index contributed by atoms with van der Waals surface area (Å²) in [5.41, 5.74) is 3.19. The van der Waals surface area contributed by atoms with E-state index in [1.807, 2.05) is 0 Å². The van der Waals surface area contributed by atoms with Crippen molar-refractivity contribution < 1.29 is 9.72 Å². The molecule has 1 aliphatic rings. The van der Waals surface area contributed by atoms with Crippen LogP contribution in [0.25, 0.3) is 0 Å². The molecule has 3 N–H and O–H groups in total. The number of amides is 1. The van der Waals surface area contributed by atoms with Crippen molar-refractivity contribution in [1.82, 2.24) is 4.90 Å². The number of nitro groups is 1. The number of nitrogen functional groups attached to an aromatic ring is 1. The second-order valence-corrected chi connectivity index (χ2v) is 4.13. The molecule has 0 bridgehead atoms. The molecular formula is C11H14N4O3. The number of nitrogens with one attached hydrogen (secondary N) is 1. The lowest BCUT2D eigenvalue weighted by Crippen LogP contribution is -2.25. The highest BCUT2D eigenvalue weighted by Crippen LogP contribution is 2.29. The molecule has 1 heterocycles. The van der Waals surface area contributed by atoms with Crippen LogP contribution >= 0.6 is 0 Å². The van der Waals surface area contributed by atoms with Crippen LogP contribution in [0.4, 0.5) is 11.4 Å². The number of hydrazine groups is 1. The molecule has 96 valence electrons. The van der Waals surface area contributed by atoms with Crippen LogP contribution in [0.3, 0.4) is 0 Å². The molecule has 1 fully saturated rings. The number of anilines is 1. The number of nitrogens with two attached hydrogens (primary N) is 1. The molecule has 1 saturated heterocycles. The number of carbonyl (C=O) groups is 1. The molecule has 1 aliphatic heterocycles. The zero-order valence-corrected chi connectivity index (χ0v) is 9.76. The number of rotatable bonds is 4. The Morgan fingerprint density at radius 2 is 2.28 bits per heavy atom. The molecule has 0 aliphatic carbocycles. The summed E-state index contributed by atoms with van der Waals surface area (Å²) in [5.74, 6) is 5.41. The predicted octanol–water partition coefficient (Wildman–Crippen LogP) is 1.00. The van der Waals surface area contributed by atoms with Crippen LogP contribution in [0.5, 0.6) is 0 Å². The van der Waals surface area contributed by atoms with Crippen LogP contribution < -0.4 is 11.3 Å². The molecule has 1 aromatic rings. The van der Waals surface area contributed by atoms with E-state index in [-0.39, 0.29) is 17.3 Å². The van der Waals surface area contributed by atoms with Crippen LogP contribution in [-0.4, -0.2) is 22.3 Å². The molecule has 1 amide bonds. The summed E-state index contributed by atoms with van der Waals surface area (Å²) in [6.45, 7) is 1.03. The normalized spacial score (nSPS) is 14.9. The summed E-state index contributed by atoms with van der Waals surface area (Å²) in [6.07, 6.45) is 1.37. The maximum atomic E-state index is 11.5. The fourth-order valence-electron chi connectivity index (χ4n) is 2.11. The van der Waals surface area contributed by atoms with E-state index < -0.39 is 4.92 Å². The summed E-state index contributed by atoms with van der Waals surface area (Å²) >= 11 is 0. The van der Waals surface area contributed by atoms with E-state index in [0.717, 1.165) is 6.42 Å². The van der Waals surface area contributed by atoms with Crippen molar-refractivity contribution in [3.05, 3.63) is 33.9 Å². The first kappa shape index (κ1) is 12.3. The van der Waals surface area contributed by atoms with Gasteiger partial charge in [-0.25, -0.2) is 0 Å². The van der Waals surface area contributed by atoms with Crippen LogP contribution in [0.2, 0.25) is 0 Å². The van der Waals surface area contributed by atoms with E-state index >= 15 is 0 Å². The first-order valence-electron chi connectivity index (χ1n) is 5.64. The second kappa shape index (κ2) is 5.01. The van der Waals surface area contributed by atoms with Crippen LogP contribution in [0, 0.1) is 10.1 Å². The Morgan fingerprint density at radius 3 is 2.83 bits per heavy atom. The third kappa shape index (κ3) is 2.25. The van der Waals surface area contributed by atoms with Crippen molar-refractivity contribution in [2.75, 3.05) is 12.0 Å². The predicted molar refractivity (Wildman–Crippen MR) is 65.6 cm³/mol. The molecule has 0 unspecified atom stereocenters. The first-order chi connectivity index (χ1) is 8.63. The van der Waals surface area contributed by atoms with Gasteiger partial charge in [0, 0.05) is 31.1 Å². The minimum atomic E-state index is -0.496. The fourth-order valence-corrected chi connectivity index (χ4v) is 2.11. The lowest BCUT2D eigenvalue weighted by atomic mass is 10.1. The highest BCUT2D eigenvalue weighted by atomic mass is 16.6. The van der Waals surface area contributed by atoms with Crippen molar-refractivity contribution in [3.8, 4) is 0 Å². The number of nitrogens with zero attached hydrogens (tertiary/aromatic N) is 2. The number of benzene rings is 1. The van der Waals surface area contributed by atoms with Gasteiger partial charge in [-0.2, -0.15) is 0 Å². The van der Waals surface area contributed by atoms with Gasteiger partial charge in [0.25, 0.3) is 5.69 Å². The molecule has 7 heteroatoms. The smallest absolute Gasteiger partial charge is 0.293 e. The van der Waals surface area contributed by atoms with Crippen molar-refractivity contribution in [2.24, 2.45) is 5.84 Å². The summed E-state index contributed by atoms with van der Waals surface area (Å²) in [6, 6.07) is 4.70. The van der Waals surface area contributed by atoms with Gasteiger partial charge in [-0.3, -0.25) is 20.8 Å². The average Bonchev–Trinajstić information content (AvgIpc) is 2.74. The second-order valence-electron chi connectivity index (χ2n) is 4.13. The van der Waals surface area contributed by atoms with Gasteiger partial charge in [0.15, 0.2) is 0 Å². The quantitative estimate of drug-likeness (QED) is 0.471. The summed E-state index contributed by atoms with van der Waals surface area (Å²) in [7, 11) is 0. The number of likely N-dealkylation sites (tertiary alicyclic amines) is 1. The SMILES string of the molecule is NNc1c(CN2CCCC2=O)cccc1[N+](=O)[O-]. The van der Waals surface area contributed by atoms with Crippen molar-refractivity contribution >= 4 is 17.3 Å². The highest BCUT2D eigenvalue weighted by molar-refractivity contribution is 5.78. The Labute approximate surface area is 104 Å². The molecular weight excluding hydrogens is 236 g/mol. The molecule has 2 rings (SSSR count). The molecule has 0 radical (unpaired) electrons. The molecule has 0 atom stereocenters. The van der Waals surface area contributed by atoms with E-state index in [0.29, 0.717) is 25.1 Å². The van der Waals surface area contributed by atoms with Crippen molar-refractivity contribution in [3.63, 3.8) is 0 Å². The molecule has 0 spiro atoms. The maximum absolute atomic E-state index is 11.5. The van der Waals surface area contributed by atoms with Gasteiger partial charge >= 0.3 is 0 Å². The zero-order chi connectivity index (χ0) is 13.1. The Morgan fingerprint density at radius 1 is 1.50 bits per heavy atom. The number of hydrogen-bond donors (Lipinski definition) is 2. The number of hydrogen-bond acceptors (Lipinski definition) is 5. The van der Waals surface area contributed by atoms with Gasteiger partial charge in [-0.1, -0.05) is 12.1 Å². The fraction of sp³-hybridized carbons (Fsp3) is 0.364. The van der Waals surface area contributed by atoms with Crippen LogP contribution in [0.15, 0.2) is 18.2 Å². The first-order valence-corrected chi connectivity index (χ1v) is 5.64. The third-order valence-electron chi connectivity index (χ3n) is 3.00. The average molecular weight is 250 g/mol. The molecule has 1 aromatic carbocycles. The van der Waals surface area contributed by atoms with Crippen molar-refractivity contribution in [1.29, 1.82) is 0 Å². The van der Waals surface area contributed by atoms with Gasteiger partial charge < -0.3 is 10.3 Å². The van der Waals surface area contributed by atoms with Crippen LogP contribution in [-0.2, 0) is 11.3 Å². The zero-order valence-electron chi connectivity index (χ0n) is 9.76. The topological polar surface area (TPSA) is 102 Å². The van der Waals surface area contributed by atoms with Gasteiger partial charge in [0.05, 0.1) is 4.92 Å².